The summed E-state index contributed by atoms with van der Waals surface area (Å²) in [6.45, 7) is 21.2. The van der Waals surface area contributed by atoms with Crippen LogP contribution in [-0.4, -0.2) is 53.2 Å². The maximum Gasteiger partial charge on any atom is 0.242 e. The van der Waals surface area contributed by atoms with Gasteiger partial charge in [-0.15, -0.1) is 0 Å². The van der Waals surface area contributed by atoms with Crippen molar-refractivity contribution < 1.29 is 9.53 Å². The number of allylic oxidation sites excluding steroid dienone is 3. The number of aliphatic imine (C=N–C) groups is 1. The van der Waals surface area contributed by atoms with Gasteiger partial charge in [-0.05, 0) is 63.8 Å². The maximum absolute atomic E-state index is 13.1. The fourth-order valence-corrected chi connectivity index (χ4v) is 6.61. The molecular weight excluding hydrogens is 490 g/mol. The lowest BCUT2D eigenvalue weighted by atomic mass is 9.90. The van der Waals surface area contributed by atoms with Gasteiger partial charge in [-0.25, -0.2) is 0 Å². The van der Waals surface area contributed by atoms with Gasteiger partial charge in [0.1, 0.15) is 11.0 Å². The van der Waals surface area contributed by atoms with Crippen LogP contribution in [0.1, 0.15) is 115 Å². The van der Waals surface area contributed by atoms with E-state index in [4.69, 9.17) is 9.73 Å². The normalized spacial score (nSPS) is 28.3. The highest BCUT2D eigenvalue weighted by Crippen LogP contribution is 2.42. The van der Waals surface area contributed by atoms with E-state index in [0.717, 1.165) is 49.9 Å². The van der Waals surface area contributed by atoms with Crippen molar-refractivity contribution in [1.82, 2.24) is 10.2 Å². The molecule has 1 aliphatic heterocycles. The van der Waals surface area contributed by atoms with Gasteiger partial charge >= 0.3 is 0 Å². The van der Waals surface area contributed by atoms with E-state index in [1.165, 1.54) is 24.8 Å². The van der Waals surface area contributed by atoms with Gasteiger partial charge in [0.2, 0.25) is 5.91 Å². The van der Waals surface area contributed by atoms with Crippen molar-refractivity contribution in [2.45, 2.75) is 132 Å². The number of ether oxygens (including phenoxy) is 1. The smallest absolute Gasteiger partial charge is 0.242 e. The minimum Gasteiger partial charge on any atom is -0.366 e. The van der Waals surface area contributed by atoms with Crippen molar-refractivity contribution in [1.29, 1.82) is 0 Å². The van der Waals surface area contributed by atoms with Crippen molar-refractivity contribution in [3.8, 4) is 0 Å². The van der Waals surface area contributed by atoms with Gasteiger partial charge in [-0.3, -0.25) is 14.7 Å². The van der Waals surface area contributed by atoms with Crippen molar-refractivity contribution in [2.24, 2.45) is 22.7 Å². The molecule has 6 unspecified atom stereocenters. The molecule has 1 saturated carbocycles. The molecule has 2 rings (SSSR count). The number of hydrogen-bond acceptors (Lipinski definition) is 5. The van der Waals surface area contributed by atoms with Gasteiger partial charge in [-0.2, -0.15) is 0 Å². The highest BCUT2D eigenvalue weighted by atomic mass is 32.2. The van der Waals surface area contributed by atoms with E-state index < -0.39 is 4.75 Å². The van der Waals surface area contributed by atoms with E-state index >= 15 is 0 Å². The second-order valence-corrected chi connectivity index (χ2v) is 12.3. The first-order valence-electron chi connectivity index (χ1n) is 14.9. The third-order valence-electron chi connectivity index (χ3n) is 8.02. The Kier molecular flexibility index (Phi) is 18.5. The van der Waals surface area contributed by atoms with Crippen LogP contribution in [0.15, 0.2) is 28.8 Å². The molecule has 0 radical (unpaired) electrons. The van der Waals surface area contributed by atoms with E-state index in [0.29, 0.717) is 12.0 Å². The van der Waals surface area contributed by atoms with Crippen LogP contribution in [0.5, 0.6) is 0 Å². The number of carbonyl (C=O) groups is 1. The summed E-state index contributed by atoms with van der Waals surface area (Å²) in [5.74, 6) is 1.72. The number of nitrogens with one attached hydrogen (secondary N) is 1. The lowest BCUT2D eigenvalue weighted by molar-refractivity contribution is -0.122. The summed E-state index contributed by atoms with van der Waals surface area (Å²) in [6.07, 6.45) is 14.4. The van der Waals surface area contributed by atoms with Crippen LogP contribution in [0.2, 0.25) is 0 Å². The predicted octanol–water partition coefficient (Wildman–Crippen LogP) is 8.46. The lowest BCUT2D eigenvalue weighted by Gasteiger charge is -2.33. The molecular formula is C32H61N3O2S. The van der Waals surface area contributed by atoms with Crippen molar-refractivity contribution in [3.63, 3.8) is 0 Å². The van der Waals surface area contributed by atoms with Gasteiger partial charge in [0, 0.05) is 20.1 Å². The average molecular weight is 552 g/mol. The van der Waals surface area contributed by atoms with Crippen LogP contribution in [0, 0.1) is 17.8 Å². The Morgan fingerprint density at radius 1 is 1.29 bits per heavy atom. The molecule has 0 aromatic rings. The molecule has 2 aliphatic rings. The first-order valence-corrected chi connectivity index (χ1v) is 15.7. The molecule has 6 heteroatoms. The summed E-state index contributed by atoms with van der Waals surface area (Å²) in [6, 6.07) is 0.341. The highest BCUT2D eigenvalue weighted by Gasteiger charge is 2.47. The van der Waals surface area contributed by atoms with E-state index in [-0.39, 0.29) is 25.5 Å². The minimum atomic E-state index is -0.480. The Morgan fingerprint density at radius 3 is 2.55 bits per heavy atom. The summed E-state index contributed by atoms with van der Waals surface area (Å²) < 4.78 is 5.39. The maximum atomic E-state index is 13.1. The molecule has 2 fully saturated rings. The largest absolute Gasteiger partial charge is 0.366 e. The molecule has 6 atom stereocenters. The molecule has 5 nitrogen and oxygen atoms in total. The Hall–Kier alpha value is -1.11. The second kappa shape index (κ2) is 19.0. The third-order valence-corrected chi connectivity index (χ3v) is 9.43. The molecule has 222 valence electrons. The van der Waals surface area contributed by atoms with Crippen molar-refractivity contribution in [3.05, 3.63) is 23.8 Å². The summed E-state index contributed by atoms with van der Waals surface area (Å²) in [5.41, 5.74) is 1.31. The van der Waals surface area contributed by atoms with Crippen LogP contribution in [0.25, 0.3) is 0 Å². The highest BCUT2D eigenvalue weighted by molar-refractivity contribution is 8.16. The number of carbonyl (C=O) groups excluding carboxylic acids is 1. The van der Waals surface area contributed by atoms with Gasteiger partial charge in [0.15, 0.2) is 5.17 Å². The van der Waals surface area contributed by atoms with Crippen LogP contribution in [0.3, 0.4) is 0 Å². The molecule has 1 N–H and O–H groups in total. The molecule has 1 saturated heterocycles. The SMILES string of the molecule is C.CC.CC/C=C\C=C(/C)CC(OC)N(CC)CCC(C)C1(C)SC(=NC2CC(CCC)CC2C)NC1=O. The Labute approximate surface area is 240 Å². The second-order valence-electron chi connectivity index (χ2n) is 10.8. The van der Waals surface area contributed by atoms with E-state index in [2.05, 4.69) is 76.9 Å². The van der Waals surface area contributed by atoms with Crippen LogP contribution in [0.4, 0.5) is 0 Å². The zero-order chi connectivity index (χ0) is 28.0. The Balaban J connectivity index is 0.00000445. The molecule has 0 spiro atoms. The third kappa shape index (κ3) is 10.8. The van der Waals surface area contributed by atoms with Gasteiger partial charge in [0.25, 0.3) is 0 Å². The standard InChI is InChI=1S/C29H51N3O2S.C2H6.CH4/c1-9-12-13-15-21(4)18-26(34-8)32(11-3)17-16-23(6)29(7)27(33)31-28(35-29)30-25-20-24(14-10-2)19-22(25)5;1-2;/h12-13,15,22-26H,9-11,14,16-20H2,1-8H3,(H,30,31,33);1-2H3;1H4/b13-12-,21-15+;;. The van der Waals surface area contributed by atoms with Gasteiger partial charge < -0.3 is 10.1 Å². The number of nitrogens with zero attached hydrogens (tertiary/aromatic N) is 2. The number of amides is 1. The number of rotatable bonds is 14. The van der Waals surface area contributed by atoms with Crippen molar-refractivity contribution in [2.75, 3.05) is 20.2 Å². The molecule has 1 heterocycles. The summed E-state index contributed by atoms with van der Waals surface area (Å²) in [7, 11) is 1.80. The van der Waals surface area contributed by atoms with Crippen LogP contribution in [-0.2, 0) is 9.53 Å². The molecule has 0 aromatic heterocycles. The first-order chi connectivity index (χ1) is 17.7. The number of amidine groups is 1. The predicted molar refractivity (Wildman–Crippen MR) is 170 cm³/mol. The summed E-state index contributed by atoms with van der Waals surface area (Å²) in [5, 5.41) is 3.96. The topological polar surface area (TPSA) is 53.9 Å². The zero-order valence-corrected chi connectivity index (χ0v) is 26.4. The summed E-state index contributed by atoms with van der Waals surface area (Å²) in [4.78, 5) is 20.5. The van der Waals surface area contributed by atoms with E-state index in [1.807, 2.05) is 13.8 Å². The number of methoxy groups -OCH3 is 1. The molecule has 38 heavy (non-hydrogen) atoms. The van der Waals surface area contributed by atoms with Gasteiger partial charge in [-0.1, -0.05) is 104 Å². The quantitative estimate of drug-likeness (QED) is 0.174. The molecule has 0 aromatic carbocycles. The van der Waals surface area contributed by atoms with E-state index in [9.17, 15) is 4.79 Å². The lowest BCUT2D eigenvalue weighted by Crippen LogP contribution is -2.43. The fourth-order valence-electron chi connectivity index (χ4n) is 5.42. The Bertz CT molecular complexity index is 766. The molecule has 0 bridgehead atoms. The van der Waals surface area contributed by atoms with Gasteiger partial charge in [0.05, 0.1) is 6.04 Å². The summed E-state index contributed by atoms with van der Waals surface area (Å²) >= 11 is 1.65. The fraction of sp³-hybridized carbons (Fsp3) is 0.812. The first kappa shape index (κ1) is 36.9. The number of thioether (sulfide) groups is 1. The molecule has 1 aliphatic carbocycles. The monoisotopic (exact) mass is 551 g/mol. The van der Waals surface area contributed by atoms with Crippen molar-refractivity contribution >= 4 is 22.8 Å². The Morgan fingerprint density at radius 2 is 1.97 bits per heavy atom. The number of hydrogen-bond donors (Lipinski definition) is 1. The molecule has 1 amide bonds. The average Bonchev–Trinajstić information content (AvgIpc) is 3.37. The van der Waals surface area contributed by atoms with E-state index in [1.54, 1.807) is 18.9 Å². The zero-order valence-electron chi connectivity index (χ0n) is 25.6. The van der Waals surface area contributed by atoms with Crippen LogP contribution >= 0.6 is 11.8 Å². The minimum absolute atomic E-state index is 0. The van der Waals surface area contributed by atoms with Crippen LogP contribution < -0.4 is 5.32 Å².